The Balaban J connectivity index is 2.00. The molecule has 7 heteroatoms. The third-order valence-corrected chi connectivity index (χ3v) is 2.97. The third kappa shape index (κ3) is 4.05. The molecule has 2 aromatic rings. The lowest BCUT2D eigenvalue weighted by atomic mass is 10.0. The third-order valence-electron chi connectivity index (χ3n) is 2.97. The molecule has 0 radical (unpaired) electrons. The molecule has 0 fully saturated rings. The molecular formula is C15H15F2NO4. The molecule has 22 heavy (non-hydrogen) atoms. The average Bonchev–Trinajstić information content (AvgIpc) is 2.99. The summed E-state index contributed by atoms with van der Waals surface area (Å²) in [6.45, 7) is -1.57. The molecule has 0 aliphatic carbocycles. The van der Waals surface area contributed by atoms with Gasteiger partial charge in [0.1, 0.15) is 17.1 Å². The number of carbonyl (C=O) groups excluding carboxylic acids is 1. The minimum atomic E-state index is -2.96. The van der Waals surface area contributed by atoms with E-state index in [1.807, 2.05) is 0 Å². The van der Waals surface area contributed by atoms with E-state index < -0.39 is 18.1 Å². The van der Waals surface area contributed by atoms with Gasteiger partial charge in [0.15, 0.2) is 0 Å². The maximum absolute atomic E-state index is 12.1. The maximum atomic E-state index is 12.1. The van der Waals surface area contributed by atoms with Crippen molar-refractivity contribution in [1.29, 1.82) is 0 Å². The van der Waals surface area contributed by atoms with Crippen molar-refractivity contribution in [3.8, 4) is 5.75 Å². The second-order valence-corrected chi connectivity index (χ2v) is 4.84. The quantitative estimate of drug-likeness (QED) is 0.860. The highest BCUT2D eigenvalue weighted by molar-refractivity contribution is 5.94. The van der Waals surface area contributed by atoms with Crippen LogP contribution in [0.5, 0.6) is 5.75 Å². The Kier molecular flexibility index (Phi) is 4.77. The van der Waals surface area contributed by atoms with Gasteiger partial charge in [-0.25, -0.2) is 0 Å². The van der Waals surface area contributed by atoms with Gasteiger partial charge in [-0.3, -0.25) is 4.79 Å². The van der Waals surface area contributed by atoms with Gasteiger partial charge in [0, 0.05) is 5.56 Å². The molecule has 0 saturated carbocycles. The van der Waals surface area contributed by atoms with Gasteiger partial charge in [0.05, 0.1) is 12.8 Å². The number of amides is 1. The number of halogens is 2. The van der Waals surface area contributed by atoms with Gasteiger partial charge in [-0.1, -0.05) is 6.07 Å². The molecule has 0 spiro atoms. The van der Waals surface area contributed by atoms with Crippen LogP contribution in [0.4, 0.5) is 8.78 Å². The van der Waals surface area contributed by atoms with Crippen molar-refractivity contribution in [2.24, 2.45) is 0 Å². The first-order valence-electron chi connectivity index (χ1n) is 6.48. The summed E-state index contributed by atoms with van der Waals surface area (Å²) in [6, 6.07) is 8.61. The summed E-state index contributed by atoms with van der Waals surface area (Å²) in [7, 11) is 0. The number of benzene rings is 1. The molecular weight excluding hydrogens is 296 g/mol. The van der Waals surface area contributed by atoms with Crippen LogP contribution >= 0.6 is 0 Å². The summed E-state index contributed by atoms with van der Waals surface area (Å²) in [4.78, 5) is 12.0. The highest BCUT2D eigenvalue weighted by Crippen LogP contribution is 2.20. The number of alkyl halides is 2. The van der Waals surface area contributed by atoms with E-state index in [-0.39, 0.29) is 17.9 Å². The zero-order chi connectivity index (χ0) is 16.2. The number of ether oxygens (including phenoxy) is 1. The predicted octanol–water partition coefficient (Wildman–Crippen LogP) is 2.52. The second kappa shape index (κ2) is 6.57. The van der Waals surface area contributed by atoms with Crippen LogP contribution in [0.25, 0.3) is 0 Å². The molecule has 0 aliphatic heterocycles. The SMILES string of the molecule is CC(O)(CNC(=O)c1cccc(OC(F)F)c1)c1ccco1. The van der Waals surface area contributed by atoms with Gasteiger partial charge in [0.2, 0.25) is 0 Å². The van der Waals surface area contributed by atoms with Crippen LogP contribution in [-0.4, -0.2) is 24.2 Å². The molecule has 2 N–H and O–H groups in total. The zero-order valence-corrected chi connectivity index (χ0v) is 11.8. The lowest BCUT2D eigenvalue weighted by molar-refractivity contribution is -0.0498. The smallest absolute Gasteiger partial charge is 0.387 e. The number of carbonyl (C=O) groups is 1. The Morgan fingerprint density at radius 2 is 2.18 bits per heavy atom. The second-order valence-electron chi connectivity index (χ2n) is 4.84. The number of nitrogens with one attached hydrogen (secondary N) is 1. The average molecular weight is 311 g/mol. The van der Waals surface area contributed by atoms with E-state index in [1.54, 1.807) is 12.1 Å². The molecule has 1 aromatic carbocycles. The predicted molar refractivity (Wildman–Crippen MR) is 73.7 cm³/mol. The lowest BCUT2D eigenvalue weighted by Crippen LogP contribution is -2.38. The highest BCUT2D eigenvalue weighted by atomic mass is 19.3. The van der Waals surface area contributed by atoms with Gasteiger partial charge < -0.3 is 19.6 Å². The molecule has 2 rings (SSSR count). The fraction of sp³-hybridized carbons (Fsp3) is 0.267. The number of rotatable bonds is 6. The first-order valence-corrected chi connectivity index (χ1v) is 6.48. The van der Waals surface area contributed by atoms with Crippen molar-refractivity contribution >= 4 is 5.91 Å². The number of aliphatic hydroxyl groups is 1. The van der Waals surface area contributed by atoms with E-state index in [4.69, 9.17) is 4.42 Å². The Morgan fingerprint density at radius 1 is 1.41 bits per heavy atom. The molecule has 1 aromatic heterocycles. The van der Waals surface area contributed by atoms with Gasteiger partial charge in [0.25, 0.3) is 5.91 Å². The molecule has 0 bridgehead atoms. The fourth-order valence-electron chi connectivity index (χ4n) is 1.84. The summed E-state index contributed by atoms with van der Waals surface area (Å²) in [5.74, 6) is -0.324. The van der Waals surface area contributed by atoms with Crippen LogP contribution in [0.2, 0.25) is 0 Å². The summed E-state index contributed by atoms with van der Waals surface area (Å²) in [5.41, 5.74) is -1.23. The van der Waals surface area contributed by atoms with E-state index in [0.29, 0.717) is 5.76 Å². The summed E-state index contributed by atoms with van der Waals surface area (Å²) < 4.78 is 33.6. The van der Waals surface area contributed by atoms with Crippen molar-refractivity contribution in [2.45, 2.75) is 19.1 Å². The Morgan fingerprint density at radius 3 is 2.82 bits per heavy atom. The van der Waals surface area contributed by atoms with Crippen molar-refractivity contribution in [1.82, 2.24) is 5.32 Å². The lowest BCUT2D eigenvalue weighted by Gasteiger charge is -2.21. The standard InChI is InChI=1S/C15H15F2NO4/c1-15(20,12-6-3-7-21-12)9-18-13(19)10-4-2-5-11(8-10)22-14(16)17/h2-8,14,20H,9H2,1H3,(H,18,19). The van der Waals surface area contributed by atoms with Crippen LogP contribution in [0.3, 0.4) is 0 Å². The summed E-state index contributed by atoms with van der Waals surface area (Å²) in [5, 5.41) is 12.7. The number of hydrogen-bond acceptors (Lipinski definition) is 4. The summed E-state index contributed by atoms with van der Waals surface area (Å²) >= 11 is 0. The molecule has 1 atom stereocenters. The Hall–Kier alpha value is -2.41. The maximum Gasteiger partial charge on any atom is 0.387 e. The van der Waals surface area contributed by atoms with Crippen LogP contribution in [-0.2, 0) is 5.60 Å². The van der Waals surface area contributed by atoms with Crippen LogP contribution in [0, 0.1) is 0 Å². The first kappa shape index (κ1) is 16.0. The van der Waals surface area contributed by atoms with Crippen LogP contribution in [0.1, 0.15) is 23.0 Å². The summed E-state index contributed by atoms with van der Waals surface area (Å²) in [6.07, 6.45) is 1.41. The minimum Gasteiger partial charge on any atom is -0.466 e. The van der Waals surface area contributed by atoms with E-state index >= 15 is 0 Å². The molecule has 1 unspecified atom stereocenters. The van der Waals surface area contributed by atoms with Crippen molar-refractivity contribution in [3.05, 3.63) is 54.0 Å². The van der Waals surface area contributed by atoms with Crippen molar-refractivity contribution in [3.63, 3.8) is 0 Å². The highest BCUT2D eigenvalue weighted by Gasteiger charge is 2.27. The van der Waals surface area contributed by atoms with Crippen molar-refractivity contribution in [2.75, 3.05) is 6.54 Å². The number of hydrogen-bond donors (Lipinski definition) is 2. The first-order chi connectivity index (χ1) is 10.4. The normalized spacial score (nSPS) is 13.7. The van der Waals surface area contributed by atoms with Gasteiger partial charge in [-0.2, -0.15) is 8.78 Å². The van der Waals surface area contributed by atoms with Crippen LogP contribution < -0.4 is 10.1 Å². The van der Waals surface area contributed by atoms with E-state index in [2.05, 4.69) is 10.1 Å². The van der Waals surface area contributed by atoms with Crippen LogP contribution in [0.15, 0.2) is 47.1 Å². The Labute approximate surface area is 125 Å². The Bertz CT molecular complexity index is 626. The molecule has 0 aliphatic rings. The molecule has 118 valence electrons. The van der Waals surface area contributed by atoms with E-state index in [1.165, 1.54) is 37.5 Å². The van der Waals surface area contributed by atoms with Crippen molar-refractivity contribution < 1.29 is 27.8 Å². The van der Waals surface area contributed by atoms with E-state index in [0.717, 1.165) is 0 Å². The van der Waals surface area contributed by atoms with Gasteiger partial charge >= 0.3 is 6.61 Å². The minimum absolute atomic E-state index is 0.0979. The molecule has 0 saturated heterocycles. The monoisotopic (exact) mass is 311 g/mol. The largest absolute Gasteiger partial charge is 0.466 e. The molecule has 1 amide bonds. The fourth-order valence-corrected chi connectivity index (χ4v) is 1.84. The molecule has 5 nitrogen and oxygen atoms in total. The zero-order valence-electron chi connectivity index (χ0n) is 11.8. The topological polar surface area (TPSA) is 71.7 Å². The molecule has 1 heterocycles. The van der Waals surface area contributed by atoms with Gasteiger partial charge in [-0.05, 0) is 37.3 Å². The van der Waals surface area contributed by atoms with Gasteiger partial charge in [-0.15, -0.1) is 0 Å². The number of furan rings is 1. The van der Waals surface area contributed by atoms with E-state index in [9.17, 15) is 18.7 Å².